The van der Waals surface area contributed by atoms with Gasteiger partial charge in [0.1, 0.15) is 0 Å². The molecule has 2 saturated heterocycles. The standard InChI is InChI=1S/C22H35N3O2/c26-21(23-20(15-3-4-15)16-5-6-16)18-2-1-11-25(14-18)19-9-12-24(13-10-19)22(27)17-7-8-17/h15-20H,1-14H2,(H,23,26)/t18-/m1/s1. The van der Waals surface area contributed by atoms with Gasteiger partial charge in [0.25, 0.3) is 0 Å². The lowest BCUT2D eigenvalue weighted by Gasteiger charge is -2.42. The maximum Gasteiger partial charge on any atom is 0.225 e. The van der Waals surface area contributed by atoms with Crippen LogP contribution in [0.5, 0.6) is 0 Å². The number of hydrogen-bond donors (Lipinski definition) is 1. The fraction of sp³-hybridized carbons (Fsp3) is 0.909. The van der Waals surface area contributed by atoms with Crippen molar-refractivity contribution in [2.75, 3.05) is 26.2 Å². The maximum atomic E-state index is 12.9. The first-order valence-corrected chi connectivity index (χ1v) is 11.5. The number of nitrogens with one attached hydrogen (secondary N) is 1. The van der Waals surface area contributed by atoms with Crippen LogP contribution < -0.4 is 5.32 Å². The summed E-state index contributed by atoms with van der Waals surface area (Å²) in [5.74, 6) is 2.78. The van der Waals surface area contributed by atoms with E-state index in [1.54, 1.807) is 0 Å². The van der Waals surface area contributed by atoms with Crippen LogP contribution in [0.1, 0.15) is 64.2 Å². The highest BCUT2D eigenvalue weighted by Gasteiger charge is 2.43. The third-order valence-corrected chi connectivity index (χ3v) is 7.61. The Bertz CT molecular complexity index is 562. The molecule has 2 aliphatic heterocycles. The highest BCUT2D eigenvalue weighted by Crippen LogP contribution is 2.44. The summed E-state index contributed by atoms with van der Waals surface area (Å²) >= 11 is 0. The molecule has 1 atom stereocenters. The molecule has 0 spiro atoms. The van der Waals surface area contributed by atoms with Gasteiger partial charge in [0.05, 0.1) is 5.92 Å². The van der Waals surface area contributed by atoms with Crippen molar-refractivity contribution in [2.45, 2.75) is 76.3 Å². The first kappa shape index (κ1) is 18.0. The summed E-state index contributed by atoms with van der Waals surface area (Å²) in [6, 6.07) is 1.04. The van der Waals surface area contributed by atoms with E-state index in [2.05, 4.69) is 15.1 Å². The molecule has 2 heterocycles. The van der Waals surface area contributed by atoms with Gasteiger partial charge in [0, 0.05) is 37.6 Å². The lowest BCUT2D eigenvalue weighted by Crippen LogP contribution is -2.52. The molecular formula is C22H35N3O2. The zero-order valence-electron chi connectivity index (χ0n) is 16.6. The number of nitrogens with zero attached hydrogens (tertiary/aromatic N) is 2. The lowest BCUT2D eigenvalue weighted by atomic mass is 9.92. The van der Waals surface area contributed by atoms with E-state index in [0.717, 1.165) is 76.5 Å². The van der Waals surface area contributed by atoms with Crippen molar-refractivity contribution in [3.8, 4) is 0 Å². The number of rotatable bonds is 6. The fourth-order valence-corrected chi connectivity index (χ4v) is 5.41. The van der Waals surface area contributed by atoms with E-state index >= 15 is 0 Å². The van der Waals surface area contributed by atoms with Crippen molar-refractivity contribution >= 4 is 11.8 Å². The van der Waals surface area contributed by atoms with Gasteiger partial charge in [-0.3, -0.25) is 14.5 Å². The molecule has 5 nitrogen and oxygen atoms in total. The minimum atomic E-state index is 0.171. The minimum Gasteiger partial charge on any atom is -0.353 e. The van der Waals surface area contributed by atoms with Crippen LogP contribution in [0.3, 0.4) is 0 Å². The van der Waals surface area contributed by atoms with Gasteiger partial charge in [0.15, 0.2) is 0 Å². The van der Waals surface area contributed by atoms with Gasteiger partial charge >= 0.3 is 0 Å². The molecule has 3 saturated carbocycles. The van der Waals surface area contributed by atoms with Crippen molar-refractivity contribution in [1.82, 2.24) is 15.1 Å². The molecule has 2 amide bonds. The maximum absolute atomic E-state index is 12.9. The van der Waals surface area contributed by atoms with Crippen molar-refractivity contribution in [3.05, 3.63) is 0 Å². The molecule has 0 radical (unpaired) electrons. The van der Waals surface area contributed by atoms with Crippen LogP contribution in [0.25, 0.3) is 0 Å². The normalized spacial score (nSPS) is 30.6. The molecule has 5 rings (SSSR count). The zero-order chi connectivity index (χ0) is 18.4. The highest BCUT2D eigenvalue weighted by atomic mass is 16.2. The first-order chi connectivity index (χ1) is 13.2. The lowest BCUT2D eigenvalue weighted by molar-refractivity contribution is -0.134. The number of amides is 2. The molecule has 150 valence electrons. The molecule has 0 unspecified atom stereocenters. The van der Waals surface area contributed by atoms with Gasteiger partial charge < -0.3 is 10.2 Å². The van der Waals surface area contributed by atoms with Crippen LogP contribution in [-0.2, 0) is 9.59 Å². The molecule has 5 fully saturated rings. The summed E-state index contributed by atoms with van der Waals surface area (Å²) in [5, 5.41) is 3.46. The minimum absolute atomic E-state index is 0.171. The van der Waals surface area contributed by atoms with Gasteiger partial charge in [-0.05, 0) is 82.6 Å². The van der Waals surface area contributed by atoms with E-state index in [9.17, 15) is 9.59 Å². The Labute approximate surface area is 163 Å². The van der Waals surface area contributed by atoms with Gasteiger partial charge in [-0.1, -0.05) is 0 Å². The van der Waals surface area contributed by atoms with Crippen molar-refractivity contribution in [1.29, 1.82) is 0 Å². The van der Waals surface area contributed by atoms with Crippen LogP contribution >= 0.6 is 0 Å². The molecule has 0 aromatic carbocycles. The van der Waals surface area contributed by atoms with E-state index < -0.39 is 0 Å². The smallest absolute Gasteiger partial charge is 0.225 e. The first-order valence-electron chi connectivity index (χ1n) is 11.5. The van der Waals surface area contributed by atoms with Crippen LogP contribution in [0.15, 0.2) is 0 Å². The second-order valence-electron chi connectivity index (χ2n) is 9.87. The van der Waals surface area contributed by atoms with E-state index in [0.29, 0.717) is 29.8 Å². The largest absolute Gasteiger partial charge is 0.353 e. The topological polar surface area (TPSA) is 52.7 Å². The number of likely N-dealkylation sites (tertiary alicyclic amines) is 2. The Morgan fingerprint density at radius 3 is 2.04 bits per heavy atom. The monoisotopic (exact) mass is 373 g/mol. The number of hydrogen-bond acceptors (Lipinski definition) is 3. The third kappa shape index (κ3) is 4.18. The van der Waals surface area contributed by atoms with Crippen LogP contribution in [0.2, 0.25) is 0 Å². The molecule has 0 aromatic heterocycles. The Hall–Kier alpha value is -1.10. The predicted octanol–water partition coefficient (Wildman–Crippen LogP) is 2.40. The summed E-state index contributed by atoms with van der Waals surface area (Å²) in [4.78, 5) is 29.9. The molecule has 5 heteroatoms. The van der Waals surface area contributed by atoms with Crippen molar-refractivity contribution in [2.24, 2.45) is 23.7 Å². The van der Waals surface area contributed by atoms with Gasteiger partial charge in [0.2, 0.25) is 11.8 Å². The second kappa shape index (κ2) is 7.38. The number of carbonyl (C=O) groups is 2. The molecular weight excluding hydrogens is 338 g/mol. The molecule has 1 N–H and O–H groups in total. The van der Waals surface area contributed by atoms with Crippen LogP contribution in [-0.4, -0.2) is 59.9 Å². The SMILES string of the molecule is O=C(NC(C1CC1)C1CC1)[C@@H]1CCCN(C2CCN(C(=O)C3CC3)CC2)C1. The summed E-state index contributed by atoms with van der Waals surface area (Å²) < 4.78 is 0. The Morgan fingerprint density at radius 1 is 0.778 bits per heavy atom. The zero-order valence-corrected chi connectivity index (χ0v) is 16.6. The predicted molar refractivity (Wildman–Crippen MR) is 104 cm³/mol. The van der Waals surface area contributed by atoms with E-state index in [-0.39, 0.29) is 5.92 Å². The average molecular weight is 374 g/mol. The van der Waals surface area contributed by atoms with Gasteiger partial charge in [-0.2, -0.15) is 0 Å². The van der Waals surface area contributed by atoms with Gasteiger partial charge in [-0.25, -0.2) is 0 Å². The van der Waals surface area contributed by atoms with E-state index in [1.807, 2.05) is 0 Å². The summed E-state index contributed by atoms with van der Waals surface area (Å²) in [6.45, 7) is 3.88. The Kier molecular flexibility index (Phi) is 4.91. The van der Waals surface area contributed by atoms with Crippen molar-refractivity contribution < 1.29 is 9.59 Å². The number of piperidine rings is 2. The number of carbonyl (C=O) groups excluding carboxylic acids is 2. The van der Waals surface area contributed by atoms with E-state index in [1.165, 1.54) is 25.7 Å². The van der Waals surface area contributed by atoms with Crippen molar-refractivity contribution in [3.63, 3.8) is 0 Å². The fourth-order valence-electron chi connectivity index (χ4n) is 5.41. The van der Waals surface area contributed by atoms with E-state index in [4.69, 9.17) is 0 Å². The molecule has 5 aliphatic rings. The second-order valence-corrected chi connectivity index (χ2v) is 9.87. The Balaban J connectivity index is 1.12. The summed E-state index contributed by atoms with van der Waals surface area (Å²) in [6.07, 6.45) is 11.8. The molecule has 0 aromatic rings. The van der Waals surface area contributed by atoms with Crippen LogP contribution in [0, 0.1) is 23.7 Å². The molecule has 0 bridgehead atoms. The highest BCUT2D eigenvalue weighted by molar-refractivity contribution is 5.81. The molecule has 27 heavy (non-hydrogen) atoms. The summed E-state index contributed by atoms with van der Waals surface area (Å²) in [5.41, 5.74) is 0. The Morgan fingerprint density at radius 2 is 1.44 bits per heavy atom. The van der Waals surface area contributed by atoms with Crippen LogP contribution in [0.4, 0.5) is 0 Å². The third-order valence-electron chi connectivity index (χ3n) is 7.61. The summed E-state index contributed by atoms with van der Waals surface area (Å²) in [7, 11) is 0. The average Bonchev–Trinajstić information content (AvgIpc) is 3.58. The van der Waals surface area contributed by atoms with Gasteiger partial charge in [-0.15, -0.1) is 0 Å². The molecule has 3 aliphatic carbocycles. The quantitative estimate of drug-likeness (QED) is 0.778.